The number of likely N-dealkylation sites (tertiary alicyclic amines) is 1. The lowest BCUT2D eigenvalue weighted by molar-refractivity contribution is 0.0732. The van der Waals surface area contributed by atoms with Crippen LogP contribution in [0.1, 0.15) is 23.3 Å². The molecule has 0 radical (unpaired) electrons. The maximum Gasteiger partial charge on any atom is 0.273 e. The summed E-state index contributed by atoms with van der Waals surface area (Å²) in [4.78, 5) is 19.3. The first kappa shape index (κ1) is 21.8. The first-order chi connectivity index (χ1) is 12.3. The highest BCUT2D eigenvalue weighted by atomic mass is 35.5. The highest BCUT2D eigenvalue weighted by Crippen LogP contribution is 2.35. The zero-order valence-electron chi connectivity index (χ0n) is 15.0. The molecule has 0 aliphatic carbocycles. The molecule has 1 aromatic carbocycles. The largest absolute Gasteiger partial charge is 0.486 e. The van der Waals surface area contributed by atoms with Gasteiger partial charge < -0.3 is 19.7 Å². The van der Waals surface area contributed by atoms with E-state index in [0.29, 0.717) is 18.9 Å². The van der Waals surface area contributed by atoms with Gasteiger partial charge in [0.25, 0.3) is 5.91 Å². The predicted octanol–water partition coefficient (Wildman–Crippen LogP) is 3.25. The van der Waals surface area contributed by atoms with Crippen LogP contribution in [-0.2, 0) is 0 Å². The van der Waals surface area contributed by atoms with Crippen molar-refractivity contribution in [3.63, 3.8) is 0 Å². The SMILES string of the molecule is CNCC1CCCN1C(=O)c1csc(-c2ccc3c(c2)OCCO3)n1.Cl.Cl. The Morgan fingerprint density at radius 3 is 2.85 bits per heavy atom. The van der Waals surface area contributed by atoms with Gasteiger partial charge in [0.1, 0.15) is 23.9 Å². The van der Waals surface area contributed by atoms with Gasteiger partial charge in [0.15, 0.2) is 11.5 Å². The van der Waals surface area contributed by atoms with Gasteiger partial charge in [0.2, 0.25) is 0 Å². The number of nitrogens with zero attached hydrogens (tertiary/aromatic N) is 2. The average molecular weight is 432 g/mol. The lowest BCUT2D eigenvalue weighted by Crippen LogP contribution is -2.40. The topological polar surface area (TPSA) is 63.7 Å². The smallest absolute Gasteiger partial charge is 0.273 e. The third-order valence-electron chi connectivity index (χ3n) is 4.59. The number of aromatic nitrogens is 1. The van der Waals surface area contributed by atoms with E-state index in [0.717, 1.165) is 48.0 Å². The van der Waals surface area contributed by atoms with Crippen LogP contribution in [0.3, 0.4) is 0 Å². The van der Waals surface area contributed by atoms with Crippen LogP contribution < -0.4 is 14.8 Å². The molecule has 2 aromatic rings. The maximum absolute atomic E-state index is 12.8. The minimum atomic E-state index is 0. The summed E-state index contributed by atoms with van der Waals surface area (Å²) in [7, 11) is 1.92. The summed E-state index contributed by atoms with van der Waals surface area (Å²) in [5, 5.41) is 5.84. The Morgan fingerprint density at radius 2 is 2.07 bits per heavy atom. The van der Waals surface area contributed by atoms with Crippen LogP contribution >= 0.6 is 36.2 Å². The molecule has 148 valence electrons. The first-order valence-electron chi connectivity index (χ1n) is 8.57. The Bertz CT molecular complexity index is 787. The van der Waals surface area contributed by atoms with Crippen LogP contribution in [0.5, 0.6) is 11.5 Å². The van der Waals surface area contributed by atoms with E-state index in [1.165, 1.54) is 11.3 Å². The Balaban J connectivity index is 0.00000131. The molecule has 1 unspecified atom stereocenters. The van der Waals surface area contributed by atoms with Crippen LogP contribution in [0.4, 0.5) is 0 Å². The van der Waals surface area contributed by atoms with E-state index < -0.39 is 0 Å². The zero-order chi connectivity index (χ0) is 17.2. The van der Waals surface area contributed by atoms with E-state index in [2.05, 4.69) is 10.3 Å². The van der Waals surface area contributed by atoms with Crippen molar-refractivity contribution in [1.82, 2.24) is 15.2 Å². The van der Waals surface area contributed by atoms with E-state index >= 15 is 0 Å². The summed E-state index contributed by atoms with van der Waals surface area (Å²) in [6, 6.07) is 6.05. The molecule has 1 saturated heterocycles. The molecule has 1 atom stereocenters. The fourth-order valence-electron chi connectivity index (χ4n) is 3.38. The number of fused-ring (bicyclic) bond motifs is 1. The normalized spacial score (nSPS) is 17.8. The van der Waals surface area contributed by atoms with Crippen LogP contribution in [0.15, 0.2) is 23.6 Å². The Kier molecular flexibility index (Phi) is 7.73. The number of thiazole rings is 1. The molecule has 3 heterocycles. The second-order valence-corrected chi connectivity index (χ2v) is 7.11. The summed E-state index contributed by atoms with van der Waals surface area (Å²) in [6.07, 6.45) is 2.10. The van der Waals surface area contributed by atoms with Crippen molar-refractivity contribution in [1.29, 1.82) is 0 Å². The predicted molar refractivity (Wildman–Crippen MR) is 111 cm³/mol. The number of carbonyl (C=O) groups is 1. The minimum Gasteiger partial charge on any atom is -0.486 e. The third kappa shape index (κ3) is 4.48. The Hall–Kier alpha value is -1.54. The number of likely N-dealkylation sites (N-methyl/N-ethyl adjacent to an activating group) is 1. The summed E-state index contributed by atoms with van der Waals surface area (Å²) >= 11 is 1.48. The lowest BCUT2D eigenvalue weighted by atomic mass is 10.2. The summed E-state index contributed by atoms with van der Waals surface area (Å²) in [5.74, 6) is 1.52. The van der Waals surface area contributed by atoms with Gasteiger partial charge in [-0.25, -0.2) is 4.98 Å². The van der Waals surface area contributed by atoms with E-state index in [-0.39, 0.29) is 36.8 Å². The molecule has 2 aliphatic rings. The lowest BCUT2D eigenvalue weighted by Gasteiger charge is -2.23. The number of halogens is 2. The molecule has 0 spiro atoms. The molecule has 1 fully saturated rings. The van der Waals surface area contributed by atoms with Gasteiger partial charge in [-0.1, -0.05) is 0 Å². The van der Waals surface area contributed by atoms with E-state index in [4.69, 9.17) is 9.47 Å². The number of benzene rings is 1. The number of hydrogen-bond donors (Lipinski definition) is 1. The molecule has 27 heavy (non-hydrogen) atoms. The molecule has 1 aromatic heterocycles. The molecule has 0 bridgehead atoms. The Labute approximate surface area is 175 Å². The fraction of sp³-hybridized carbons (Fsp3) is 0.444. The van der Waals surface area contributed by atoms with Crippen molar-refractivity contribution in [3.8, 4) is 22.1 Å². The number of amides is 1. The molecular formula is C18H23Cl2N3O3S. The van der Waals surface area contributed by atoms with Crippen molar-refractivity contribution >= 4 is 42.1 Å². The van der Waals surface area contributed by atoms with Crippen molar-refractivity contribution in [2.45, 2.75) is 18.9 Å². The van der Waals surface area contributed by atoms with Gasteiger partial charge >= 0.3 is 0 Å². The molecule has 2 aliphatic heterocycles. The fourth-order valence-corrected chi connectivity index (χ4v) is 4.17. The van der Waals surface area contributed by atoms with Gasteiger partial charge in [-0.2, -0.15) is 0 Å². The molecule has 9 heteroatoms. The number of carbonyl (C=O) groups excluding carboxylic acids is 1. The molecule has 0 saturated carbocycles. The molecule has 6 nitrogen and oxygen atoms in total. The standard InChI is InChI=1S/C18H21N3O3S.2ClH/c1-19-10-13-3-2-6-21(13)18(22)14-11-25-17(20-14)12-4-5-15-16(9-12)24-8-7-23-15;;/h4-5,9,11,13,19H,2-3,6-8,10H2,1H3;2*1H. The van der Waals surface area contributed by atoms with E-state index in [9.17, 15) is 4.79 Å². The van der Waals surface area contributed by atoms with E-state index in [1.807, 2.05) is 35.5 Å². The second-order valence-electron chi connectivity index (χ2n) is 6.25. The van der Waals surface area contributed by atoms with Gasteiger partial charge in [0.05, 0.1) is 0 Å². The number of rotatable bonds is 4. The van der Waals surface area contributed by atoms with Gasteiger partial charge in [0, 0.05) is 30.1 Å². The highest BCUT2D eigenvalue weighted by Gasteiger charge is 2.30. The Morgan fingerprint density at radius 1 is 1.30 bits per heavy atom. The quantitative estimate of drug-likeness (QED) is 0.804. The molecule has 1 N–H and O–H groups in total. The van der Waals surface area contributed by atoms with Crippen LogP contribution in [0.2, 0.25) is 0 Å². The minimum absolute atomic E-state index is 0. The summed E-state index contributed by atoms with van der Waals surface area (Å²) < 4.78 is 11.2. The monoisotopic (exact) mass is 431 g/mol. The summed E-state index contributed by atoms with van der Waals surface area (Å²) in [5.41, 5.74) is 1.47. The number of nitrogens with one attached hydrogen (secondary N) is 1. The second kappa shape index (κ2) is 9.59. The van der Waals surface area contributed by atoms with Crippen LogP contribution in [-0.4, -0.2) is 55.2 Å². The molecular weight excluding hydrogens is 409 g/mol. The average Bonchev–Trinajstić information content (AvgIpc) is 3.31. The first-order valence-corrected chi connectivity index (χ1v) is 9.45. The van der Waals surface area contributed by atoms with Crippen LogP contribution in [0.25, 0.3) is 10.6 Å². The van der Waals surface area contributed by atoms with Gasteiger partial charge in [-0.3, -0.25) is 4.79 Å². The maximum atomic E-state index is 12.8. The zero-order valence-corrected chi connectivity index (χ0v) is 17.4. The van der Waals surface area contributed by atoms with E-state index in [1.54, 1.807) is 0 Å². The third-order valence-corrected chi connectivity index (χ3v) is 5.48. The summed E-state index contributed by atoms with van der Waals surface area (Å²) in [6.45, 7) is 2.76. The van der Waals surface area contributed by atoms with Crippen molar-refractivity contribution in [2.75, 3.05) is 33.4 Å². The number of hydrogen-bond acceptors (Lipinski definition) is 6. The molecule has 4 rings (SSSR count). The van der Waals surface area contributed by atoms with Crippen LogP contribution in [0, 0.1) is 0 Å². The van der Waals surface area contributed by atoms with Crippen molar-refractivity contribution in [2.24, 2.45) is 0 Å². The van der Waals surface area contributed by atoms with Gasteiger partial charge in [-0.15, -0.1) is 36.2 Å². The molecule has 1 amide bonds. The number of ether oxygens (including phenoxy) is 2. The van der Waals surface area contributed by atoms with Crippen molar-refractivity contribution < 1.29 is 14.3 Å². The van der Waals surface area contributed by atoms with Crippen molar-refractivity contribution in [3.05, 3.63) is 29.3 Å². The van der Waals surface area contributed by atoms with Gasteiger partial charge in [-0.05, 0) is 38.1 Å². The highest BCUT2D eigenvalue weighted by molar-refractivity contribution is 7.13.